The smallest absolute Gasteiger partial charge is 0.338 e. The molecular formula is C24H20N6O4. The van der Waals surface area contributed by atoms with Crippen LogP contribution >= 0.6 is 0 Å². The van der Waals surface area contributed by atoms with Crippen LogP contribution in [0.2, 0.25) is 0 Å². The van der Waals surface area contributed by atoms with Gasteiger partial charge in [-0.15, -0.1) is 5.10 Å². The highest BCUT2D eigenvalue weighted by molar-refractivity contribution is 6.03. The molecule has 34 heavy (non-hydrogen) atoms. The van der Waals surface area contributed by atoms with Gasteiger partial charge in [-0.05, 0) is 59.3 Å². The maximum atomic E-state index is 13.0. The van der Waals surface area contributed by atoms with Crippen molar-refractivity contribution in [3.05, 3.63) is 95.7 Å². The predicted molar refractivity (Wildman–Crippen MR) is 120 cm³/mol. The van der Waals surface area contributed by atoms with Crippen LogP contribution in [-0.2, 0) is 9.53 Å². The summed E-state index contributed by atoms with van der Waals surface area (Å²) in [5.41, 5.74) is 3.82. The average Bonchev–Trinajstić information content (AvgIpc) is 3.64. The number of benzene rings is 2. The molecule has 1 atom stereocenters. The minimum absolute atomic E-state index is 0.303. The first kappa shape index (κ1) is 21.3. The number of tetrazole rings is 1. The lowest BCUT2D eigenvalue weighted by molar-refractivity contribution is -0.136. The van der Waals surface area contributed by atoms with E-state index in [1.807, 2.05) is 31.2 Å². The van der Waals surface area contributed by atoms with Gasteiger partial charge in [0.15, 0.2) is 6.61 Å². The van der Waals surface area contributed by atoms with Crippen LogP contribution < -0.4 is 0 Å². The van der Waals surface area contributed by atoms with Crippen LogP contribution in [0.25, 0.3) is 5.69 Å². The van der Waals surface area contributed by atoms with Crippen molar-refractivity contribution in [2.75, 3.05) is 6.61 Å². The van der Waals surface area contributed by atoms with Gasteiger partial charge in [-0.3, -0.25) is 4.79 Å². The lowest BCUT2D eigenvalue weighted by Crippen LogP contribution is -2.31. The summed E-state index contributed by atoms with van der Waals surface area (Å²) in [6.07, 6.45) is 3.50. The van der Waals surface area contributed by atoms with E-state index in [1.165, 1.54) is 16.0 Å². The molecule has 10 nitrogen and oxygen atoms in total. The van der Waals surface area contributed by atoms with Gasteiger partial charge in [0.1, 0.15) is 18.1 Å². The number of carbonyl (C=O) groups excluding carboxylic acids is 2. The number of hydrogen-bond acceptors (Lipinski definition) is 8. The van der Waals surface area contributed by atoms with Crippen molar-refractivity contribution in [2.24, 2.45) is 5.10 Å². The van der Waals surface area contributed by atoms with Crippen LogP contribution in [-0.4, -0.2) is 49.4 Å². The number of hydrazone groups is 1. The van der Waals surface area contributed by atoms with E-state index in [-0.39, 0.29) is 0 Å². The Balaban J connectivity index is 1.28. The highest BCUT2D eigenvalue weighted by Gasteiger charge is 2.35. The highest BCUT2D eigenvalue weighted by atomic mass is 16.5. The molecule has 2 aromatic carbocycles. The molecular weight excluding hydrogens is 436 g/mol. The maximum absolute atomic E-state index is 13.0. The number of esters is 1. The summed E-state index contributed by atoms with van der Waals surface area (Å²) in [4.78, 5) is 25.5. The van der Waals surface area contributed by atoms with Crippen molar-refractivity contribution in [1.29, 1.82) is 0 Å². The van der Waals surface area contributed by atoms with E-state index in [9.17, 15) is 9.59 Å². The van der Waals surface area contributed by atoms with Crippen LogP contribution in [0.15, 0.2) is 82.8 Å². The Kier molecular flexibility index (Phi) is 5.69. The number of carbonyl (C=O) groups is 2. The second-order valence-corrected chi connectivity index (χ2v) is 7.76. The first-order chi connectivity index (χ1) is 16.6. The summed E-state index contributed by atoms with van der Waals surface area (Å²) >= 11 is 0. The monoisotopic (exact) mass is 456 g/mol. The van der Waals surface area contributed by atoms with Crippen LogP contribution in [0.5, 0.6) is 0 Å². The average molecular weight is 456 g/mol. The lowest BCUT2D eigenvalue weighted by atomic mass is 10.0. The Morgan fingerprint density at radius 2 is 1.88 bits per heavy atom. The van der Waals surface area contributed by atoms with E-state index in [0.717, 1.165) is 16.8 Å². The summed E-state index contributed by atoms with van der Waals surface area (Å²) in [6.45, 7) is 1.56. The number of furan rings is 1. The molecule has 170 valence electrons. The zero-order valence-corrected chi connectivity index (χ0v) is 18.2. The third-order valence-corrected chi connectivity index (χ3v) is 5.47. The molecule has 3 heterocycles. The fraction of sp³-hybridized carbons (Fsp3) is 0.167. The van der Waals surface area contributed by atoms with E-state index < -0.39 is 24.5 Å². The first-order valence-corrected chi connectivity index (χ1v) is 10.6. The Morgan fingerprint density at radius 1 is 1.09 bits per heavy atom. The van der Waals surface area contributed by atoms with E-state index in [2.05, 4.69) is 20.6 Å². The van der Waals surface area contributed by atoms with Gasteiger partial charge in [0.2, 0.25) is 0 Å². The summed E-state index contributed by atoms with van der Waals surface area (Å²) in [6, 6.07) is 17.6. The molecule has 0 spiro atoms. The second-order valence-electron chi connectivity index (χ2n) is 7.76. The summed E-state index contributed by atoms with van der Waals surface area (Å²) in [5.74, 6) is -0.445. The van der Waals surface area contributed by atoms with Crippen LogP contribution in [0.1, 0.15) is 39.7 Å². The number of ether oxygens (including phenoxy) is 1. The highest BCUT2D eigenvalue weighted by Crippen LogP contribution is 2.33. The molecule has 0 unspecified atom stereocenters. The molecule has 0 fully saturated rings. The second kappa shape index (κ2) is 9.10. The fourth-order valence-electron chi connectivity index (χ4n) is 3.67. The van der Waals surface area contributed by atoms with E-state index >= 15 is 0 Å². The number of nitrogens with zero attached hydrogens (tertiary/aromatic N) is 6. The summed E-state index contributed by atoms with van der Waals surface area (Å²) < 4.78 is 12.3. The van der Waals surface area contributed by atoms with Crippen LogP contribution in [0.4, 0.5) is 0 Å². The van der Waals surface area contributed by atoms with Gasteiger partial charge in [-0.1, -0.05) is 29.8 Å². The molecule has 5 rings (SSSR count). The standard InChI is InChI=1S/C24H20N6O4/c1-16-4-6-17(7-5-16)20-13-21(22-3-2-12-33-22)30(26-20)23(31)14-34-24(32)18-8-10-19(11-9-18)29-15-25-27-28-29/h2-12,15,21H,13-14H2,1H3/t21-/m0/s1. The van der Waals surface area contributed by atoms with E-state index in [0.29, 0.717) is 23.4 Å². The van der Waals surface area contributed by atoms with Gasteiger partial charge in [0, 0.05) is 6.42 Å². The molecule has 0 aliphatic carbocycles. The van der Waals surface area contributed by atoms with Crippen LogP contribution in [0, 0.1) is 6.92 Å². The number of hydrogen-bond donors (Lipinski definition) is 0. The molecule has 0 saturated carbocycles. The molecule has 0 saturated heterocycles. The summed E-state index contributed by atoms with van der Waals surface area (Å²) in [5, 5.41) is 16.8. The number of rotatable bonds is 6. The molecule has 2 aromatic heterocycles. The minimum atomic E-state index is -0.618. The van der Waals surface area contributed by atoms with Crippen molar-refractivity contribution >= 4 is 17.6 Å². The van der Waals surface area contributed by atoms with E-state index in [4.69, 9.17) is 9.15 Å². The Hall–Kier alpha value is -4.60. The molecule has 0 bridgehead atoms. The van der Waals surface area contributed by atoms with Crippen molar-refractivity contribution < 1.29 is 18.7 Å². The Bertz CT molecular complexity index is 1310. The predicted octanol–water partition coefficient (Wildman–Crippen LogP) is 3.10. The van der Waals surface area contributed by atoms with Crippen molar-refractivity contribution in [3.8, 4) is 5.69 Å². The topological polar surface area (TPSA) is 116 Å². The lowest BCUT2D eigenvalue weighted by Gasteiger charge is -2.19. The van der Waals surface area contributed by atoms with E-state index in [1.54, 1.807) is 42.7 Å². The summed E-state index contributed by atoms with van der Waals surface area (Å²) in [7, 11) is 0. The maximum Gasteiger partial charge on any atom is 0.338 e. The number of amides is 1. The minimum Gasteiger partial charge on any atom is -0.467 e. The third-order valence-electron chi connectivity index (χ3n) is 5.47. The van der Waals surface area contributed by atoms with Gasteiger partial charge in [0.25, 0.3) is 5.91 Å². The van der Waals surface area contributed by atoms with Crippen molar-refractivity contribution in [2.45, 2.75) is 19.4 Å². The van der Waals surface area contributed by atoms with Crippen molar-refractivity contribution in [1.82, 2.24) is 25.2 Å². The number of aryl methyl sites for hydroxylation is 1. The molecule has 10 heteroatoms. The number of aromatic nitrogens is 4. The molecule has 1 aliphatic heterocycles. The Morgan fingerprint density at radius 3 is 2.56 bits per heavy atom. The van der Waals surface area contributed by atoms with Gasteiger partial charge >= 0.3 is 5.97 Å². The molecule has 0 radical (unpaired) electrons. The molecule has 4 aromatic rings. The van der Waals surface area contributed by atoms with Crippen LogP contribution in [0.3, 0.4) is 0 Å². The first-order valence-electron chi connectivity index (χ1n) is 10.6. The molecule has 1 amide bonds. The largest absolute Gasteiger partial charge is 0.467 e. The van der Waals surface area contributed by atoms with Crippen molar-refractivity contribution in [3.63, 3.8) is 0 Å². The quantitative estimate of drug-likeness (QED) is 0.409. The molecule has 0 N–H and O–H groups in total. The molecule has 1 aliphatic rings. The van der Waals surface area contributed by atoms with Gasteiger partial charge < -0.3 is 9.15 Å². The zero-order chi connectivity index (χ0) is 23.5. The SMILES string of the molecule is Cc1ccc(C2=NN(C(=O)COC(=O)c3ccc(-n4cnnn4)cc3)[C@H](c3ccco3)C2)cc1. The van der Waals surface area contributed by atoms with Gasteiger partial charge in [-0.2, -0.15) is 5.10 Å². The fourth-order valence-corrected chi connectivity index (χ4v) is 3.67. The van der Waals surface area contributed by atoms with Gasteiger partial charge in [0.05, 0.1) is 23.2 Å². The normalized spacial score (nSPS) is 15.3. The van der Waals surface area contributed by atoms with Gasteiger partial charge in [-0.25, -0.2) is 14.5 Å². The third kappa shape index (κ3) is 4.33. The Labute approximate surface area is 194 Å². The zero-order valence-electron chi connectivity index (χ0n) is 18.2.